The molecule has 1 aromatic rings. The van der Waals surface area contributed by atoms with Crippen LogP contribution in [0.5, 0.6) is 0 Å². The maximum Gasteiger partial charge on any atom is 0.236 e. The van der Waals surface area contributed by atoms with Gasteiger partial charge < -0.3 is 0 Å². The minimum atomic E-state index is 0.0989. The van der Waals surface area contributed by atoms with E-state index in [1.54, 1.807) is 11.0 Å². The fourth-order valence-electron chi connectivity index (χ4n) is 2.16. The molecule has 0 atom stereocenters. The van der Waals surface area contributed by atoms with Crippen LogP contribution in [0.25, 0.3) is 0 Å². The summed E-state index contributed by atoms with van der Waals surface area (Å²) in [6.07, 6.45) is 6.12. The maximum absolute atomic E-state index is 12.1. The van der Waals surface area contributed by atoms with Crippen molar-refractivity contribution in [1.29, 1.82) is 0 Å². The van der Waals surface area contributed by atoms with Crippen molar-refractivity contribution >= 4 is 11.6 Å². The second-order valence-corrected chi connectivity index (χ2v) is 4.36. The van der Waals surface area contributed by atoms with E-state index in [1.807, 2.05) is 50.3 Å². The van der Waals surface area contributed by atoms with Crippen molar-refractivity contribution in [3.63, 3.8) is 0 Å². The summed E-state index contributed by atoms with van der Waals surface area (Å²) in [5.74, 6) is 0.0989. The molecule has 0 aromatic heterocycles. The standard InChI is InChI=1S/C16H17NO/c1-4-6-13-11-16(18)17(15(13)5-2)14-9-7-12(3)8-10-14/h4-10H,2,11H2,1,3H3/b6-4-. The van der Waals surface area contributed by atoms with Gasteiger partial charge in [-0.15, -0.1) is 0 Å². The van der Waals surface area contributed by atoms with Crippen LogP contribution in [-0.4, -0.2) is 5.91 Å². The van der Waals surface area contributed by atoms with Gasteiger partial charge in [-0.1, -0.05) is 36.4 Å². The molecule has 1 aliphatic heterocycles. The molecule has 0 saturated carbocycles. The van der Waals surface area contributed by atoms with Crippen molar-refractivity contribution in [3.8, 4) is 0 Å². The predicted molar refractivity (Wildman–Crippen MR) is 75.3 cm³/mol. The molecule has 0 bridgehead atoms. The average molecular weight is 239 g/mol. The highest BCUT2D eigenvalue weighted by molar-refractivity contribution is 6.02. The lowest BCUT2D eigenvalue weighted by molar-refractivity contribution is -0.116. The summed E-state index contributed by atoms with van der Waals surface area (Å²) in [6.45, 7) is 7.80. The van der Waals surface area contributed by atoms with Crippen molar-refractivity contribution in [2.24, 2.45) is 0 Å². The number of anilines is 1. The van der Waals surface area contributed by atoms with Crippen molar-refractivity contribution in [2.45, 2.75) is 20.3 Å². The van der Waals surface area contributed by atoms with Gasteiger partial charge in [-0.2, -0.15) is 0 Å². The molecule has 1 amide bonds. The molecule has 0 aliphatic carbocycles. The number of allylic oxidation sites excluding steroid dienone is 3. The van der Waals surface area contributed by atoms with E-state index < -0.39 is 0 Å². The van der Waals surface area contributed by atoms with Gasteiger partial charge in [0.1, 0.15) is 0 Å². The Kier molecular flexibility index (Phi) is 3.47. The monoisotopic (exact) mass is 239 g/mol. The number of aryl methyl sites for hydroxylation is 1. The van der Waals surface area contributed by atoms with Crippen molar-refractivity contribution in [2.75, 3.05) is 4.90 Å². The van der Waals surface area contributed by atoms with Crippen LogP contribution < -0.4 is 4.90 Å². The van der Waals surface area contributed by atoms with E-state index in [4.69, 9.17) is 0 Å². The van der Waals surface area contributed by atoms with E-state index >= 15 is 0 Å². The largest absolute Gasteiger partial charge is 0.281 e. The molecule has 2 rings (SSSR count). The Balaban J connectivity index is 2.45. The molecule has 1 aromatic carbocycles. The van der Waals surface area contributed by atoms with E-state index in [1.165, 1.54) is 5.56 Å². The molecule has 2 nitrogen and oxygen atoms in total. The number of rotatable bonds is 3. The quantitative estimate of drug-likeness (QED) is 0.786. The zero-order valence-electron chi connectivity index (χ0n) is 10.8. The van der Waals surface area contributed by atoms with E-state index in [-0.39, 0.29) is 5.91 Å². The number of carbonyl (C=O) groups excluding carboxylic acids is 1. The van der Waals surface area contributed by atoms with Crippen LogP contribution in [0, 0.1) is 6.92 Å². The zero-order valence-corrected chi connectivity index (χ0v) is 10.8. The molecule has 18 heavy (non-hydrogen) atoms. The summed E-state index contributed by atoms with van der Waals surface area (Å²) in [5.41, 5.74) is 4.00. The summed E-state index contributed by atoms with van der Waals surface area (Å²) < 4.78 is 0. The van der Waals surface area contributed by atoms with E-state index in [0.717, 1.165) is 17.0 Å². The van der Waals surface area contributed by atoms with Crippen LogP contribution in [0.2, 0.25) is 0 Å². The Morgan fingerprint density at radius 3 is 2.50 bits per heavy atom. The highest BCUT2D eigenvalue weighted by Crippen LogP contribution is 2.31. The van der Waals surface area contributed by atoms with Gasteiger partial charge in [0.05, 0.1) is 12.1 Å². The molecule has 0 unspecified atom stereocenters. The fraction of sp³-hybridized carbons (Fsp3) is 0.188. The van der Waals surface area contributed by atoms with Gasteiger partial charge in [0.15, 0.2) is 0 Å². The first-order valence-corrected chi connectivity index (χ1v) is 6.05. The van der Waals surface area contributed by atoms with Crippen molar-refractivity contribution in [3.05, 3.63) is 65.9 Å². The summed E-state index contributed by atoms with van der Waals surface area (Å²) in [6, 6.07) is 7.96. The third-order valence-electron chi connectivity index (χ3n) is 3.01. The highest BCUT2D eigenvalue weighted by Gasteiger charge is 2.28. The normalized spacial score (nSPS) is 15.9. The van der Waals surface area contributed by atoms with Crippen LogP contribution in [-0.2, 0) is 4.79 Å². The molecule has 0 radical (unpaired) electrons. The Bertz CT molecular complexity index is 535. The topological polar surface area (TPSA) is 20.3 Å². The number of amides is 1. The number of nitrogens with zero attached hydrogens (tertiary/aromatic N) is 1. The minimum absolute atomic E-state index is 0.0989. The summed E-state index contributed by atoms with van der Waals surface area (Å²) in [4.78, 5) is 13.9. The Labute approximate surface area is 108 Å². The third-order valence-corrected chi connectivity index (χ3v) is 3.01. The van der Waals surface area contributed by atoms with Gasteiger partial charge in [-0.05, 0) is 37.6 Å². The smallest absolute Gasteiger partial charge is 0.236 e. The first-order valence-electron chi connectivity index (χ1n) is 6.05. The van der Waals surface area contributed by atoms with Crippen LogP contribution in [0.3, 0.4) is 0 Å². The van der Waals surface area contributed by atoms with Crippen molar-refractivity contribution in [1.82, 2.24) is 0 Å². The van der Waals surface area contributed by atoms with Gasteiger partial charge in [0.2, 0.25) is 5.91 Å². The molecule has 0 spiro atoms. The Morgan fingerprint density at radius 2 is 1.94 bits per heavy atom. The van der Waals surface area contributed by atoms with Crippen LogP contribution >= 0.6 is 0 Å². The molecule has 0 N–H and O–H groups in total. The molecule has 2 heteroatoms. The second kappa shape index (κ2) is 5.05. The van der Waals surface area contributed by atoms with Crippen LogP contribution in [0.1, 0.15) is 18.9 Å². The van der Waals surface area contributed by atoms with Gasteiger partial charge in [0, 0.05) is 5.69 Å². The van der Waals surface area contributed by atoms with Gasteiger partial charge >= 0.3 is 0 Å². The molecule has 92 valence electrons. The fourth-order valence-corrected chi connectivity index (χ4v) is 2.16. The van der Waals surface area contributed by atoms with Crippen LogP contribution in [0.4, 0.5) is 5.69 Å². The highest BCUT2D eigenvalue weighted by atomic mass is 16.2. The molecule has 0 saturated heterocycles. The lowest BCUT2D eigenvalue weighted by atomic mass is 10.1. The Morgan fingerprint density at radius 1 is 1.28 bits per heavy atom. The summed E-state index contributed by atoms with van der Waals surface area (Å²) in [5, 5.41) is 0. The van der Waals surface area contributed by atoms with E-state index in [0.29, 0.717) is 6.42 Å². The predicted octanol–water partition coefficient (Wildman–Crippen LogP) is 3.75. The van der Waals surface area contributed by atoms with Crippen LogP contribution in [0.15, 0.2) is 60.3 Å². The van der Waals surface area contributed by atoms with Gasteiger partial charge in [-0.25, -0.2) is 0 Å². The number of hydrogen-bond donors (Lipinski definition) is 0. The minimum Gasteiger partial charge on any atom is -0.281 e. The van der Waals surface area contributed by atoms with E-state index in [2.05, 4.69) is 6.58 Å². The summed E-state index contributed by atoms with van der Waals surface area (Å²) in [7, 11) is 0. The lowest BCUT2D eigenvalue weighted by Gasteiger charge is -2.18. The number of carbonyl (C=O) groups is 1. The number of benzene rings is 1. The molecule has 1 aliphatic rings. The Hall–Kier alpha value is -2.09. The maximum atomic E-state index is 12.1. The molecule has 1 heterocycles. The number of hydrogen-bond acceptors (Lipinski definition) is 1. The molecular formula is C16H17NO. The molecular weight excluding hydrogens is 222 g/mol. The van der Waals surface area contributed by atoms with Gasteiger partial charge in [0.25, 0.3) is 0 Å². The molecule has 0 fully saturated rings. The SMILES string of the molecule is C=CC1=C(/C=C\C)CC(=O)N1c1ccc(C)cc1. The van der Waals surface area contributed by atoms with Gasteiger partial charge in [-0.3, -0.25) is 9.69 Å². The lowest BCUT2D eigenvalue weighted by Crippen LogP contribution is -2.23. The van der Waals surface area contributed by atoms with Crippen molar-refractivity contribution < 1.29 is 4.79 Å². The first-order chi connectivity index (χ1) is 8.67. The first kappa shape index (κ1) is 12.4. The second-order valence-electron chi connectivity index (χ2n) is 4.36. The summed E-state index contributed by atoms with van der Waals surface area (Å²) >= 11 is 0. The zero-order chi connectivity index (χ0) is 13.1. The average Bonchev–Trinajstić information content (AvgIpc) is 2.67. The van der Waals surface area contributed by atoms with E-state index in [9.17, 15) is 4.79 Å². The third kappa shape index (κ3) is 2.14.